The van der Waals surface area contributed by atoms with E-state index in [1.165, 1.54) is 16.7 Å². The summed E-state index contributed by atoms with van der Waals surface area (Å²) in [6.45, 7) is 0. The highest BCUT2D eigenvalue weighted by Crippen LogP contribution is 2.37. The monoisotopic (exact) mass is 366 g/mol. The number of nitrogens with zero attached hydrogens (tertiary/aromatic N) is 2. The molecule has 0 aliphatic carbocycles. The van der Waals surface area contributed by atoms with Crippen LogP contribution in [0.15, 0.2) is 47.6 Å². The molecule has 1 aromatic heterocycles. The van der Waals surface area contributed by atoms with E-state index in [2.05, 4.69) is 4.98 Å². The van der Waals surface area contributed by atoms with E-state index in [4.69, 9.17) is 35.4 Å². The SMILES string of the molecule is O=C1/C(=C/c2cccc(Cl)c2Cl)SC(=S)N1c1cccnc1. The first-order valence-corrected chi connectivity index (χ1v) is 8.18. The standard InChI is InChI=1S/C15H8Cl2N2OS2/c16-11-5-1-3-9(13(11)17)7-12-14(20)19(15(21)22-12)10-4-2-6-18-8-10/h1-8H/b12-7-. The molecule has 1 fully saturated rings. The van der Waals surface area contributed by atoms with Crippen LogP contribution in [-0.2, 0) is 4.79 Å². The van der Waals surface area contributed by atoms with Crippen molar-refractivity contribution >= 4 is 69.2 Å². The zero-order valence-electron chi connectivity index (χ0n) is 11.0. The number of halogens is 2. The summed E-state index contributed by atoms with van der Waals surface area (Å²) < 4.78 is 0.461. The van der Waals surface area contributed by atoms with Gasteiger partial charge in [0, 0.05) is 6.20 Å². The highest BCUT2D eigenvalue weighted by molar-refractivity contribution is 8.27. The average Bonchev–Trinajstić information content (AvgIpc) is 2.79. The maximum Gasteiger partial charge on any atom is 0.270 e. The first kappa shape index (κ1) is 15.5. The third kappa shape index (κ3) is 2.90. The van der Waals surface area contributed by atoms with Crippen LogP contribution < -0.4 is 4.90 Å². The van der Waals surface area contributed by atoms with Crippen molar-refractivity contribution in [2.45, 2.75) is 0 Å². The van der Waals surface area contributed by atoms with Crippen LogP contribution in [0.4, 0.5) is 5.69 Å². The second kappa shape index (κ2) is 6.38. The molecule has 0 atom stereocenters. The van der Waals surface area contributed by atoms with Crippen LogP contribution in [0, 0.1) is 0 Å². The van der Waals surface area contributed by atoms with Gasteiger partial charge in [-0.3, -0.25) is 14.7 Å². The number of pyridine rings is 1. The van der Waals surface area contributed by atoms with Crippen LogP contribution in [0.3, 0.4) is 0 Å². The van der Waals surface area contributed by atoms with Crippen molar-refractivity contribution in [3.63, 3.8) is 0 Å². The molecule has 3 rings (SSSR count). The van der Waals surface area contributed by atoms with Gasteiger partial charge >= 0.3 is 0 Å². The summed E-state index contributed by atoms with van der Waals surface area (Å²) in [6.07, 6.45) is 4.94. The molecule has 2 heterocycles. The molecule has 1 aromatic carbocycles. The number of thioether (sulfide) groups is 1. The Hall–Kier alpha value is -1.40. The van der Waals surface area contributed by atoms with Crippen molar-refractivity contribution in [1.29, 1.82) is 0 Å². The molecule has 22 heavy (non-hydrogen) atoms. The van der Waals surface area contributed by atoms with Crippen molar-refractivity contribution in [3.8, 4) is 0 Å². The van der Waals surface area contributed by atoms with E-state index in [1.54, 1.807) is 48.8 Å². The maximum atomic E-state index is 12.6. The lowest BCUT2D eigenvalue weighted by Crippen LogP contribution is -2.27. The molecule has 0 bridgehead atoms. The Morgan fingerprint density at radius 2 is 2.05 bits per heavy atom. The minimum absolute atomic E-state index is 0.195. The fraction of sp³-hybridized carbons (Fsp3) is 0. The number of anilines is 1. The molecule has 1 aliphatic rings. The third-order valence-corrected chi connectivity index (χ3v) is 5.10. The number of hydrogen-bond donors (Lipinski definition) is 0. The number of aromatic nitrogens is 1. The largest absolute Gasteiger partial charge is 0.270 e. The molecule has 1 aliphatic heterocycles. The molecule has 1 amide bonds. The predicted molar refractivity (Wildman–Crippen MR) is 96.4 cm³/mol. The smallest absolute Gasteiger partial charge is 0.268 e. The quantitative estimate of drug-likeness (QED) is 0.564. The number of carbonyl (C=O) groups excluding carboxylic acids is 1. The van der Waals surface area contributed by atoms with Gasteiger partial charge in [-0.1, -0.05) is 59.3 Å². The molecule has 2 aromatic rings. The molecule has 110 valence electrons. The highest BCUT2D eigenvalue weighted by atomic mass is 35.5. The van der Waals surface area contributed by atoms with Crippen LogP contribution in [0.25, 0.3) is 6.08 Å². The number of benzene rings is 1. The van der Waals surface area contributed by atoms with Gasteiger partial charge in [-0.2, -0.15) is 0 Å². The zero-order chi connectivity index (χ0) is 15.7. The van der Waals surface area contributed by atoms with E-state index in [1.807, 2.05) is 0 Å². The molecule has 0 N–H and O–H groups in total. The number of hydrogen-bond acceptors (Lipinski definition) is 4. The van der Waals surface area contributed by atoms with Crippen molar-refractivity contribution in [1.82, 2.24) is 4.98 Å². The fourth-order valence-corrected chi connectivity index (χ4v) is 3.60. The van der Waals surface area contributed by atoms with E-state index in [0.717, 1.165) is 0 Å². The van der Waals surface area contributed by atoms with Crippen molar-refractivity contribution in [3.05, 3.63) is 63.2 Å². The normalized spacial score (nSPS) is 16.6. The summed E-state index contributed by atoms with van der Waals surface area (Å²) in [7, 11) is 0. The van der Waals surface area contributed by atoms with Gasteiger partial charge < -0.3 is 0 Å². The average molecular weight is 367 g/mol. The lowest BCUT2D eigenvalue weighted by molar-refractivity contribution is -0.113. The van der Waals surface area contributed by atoms with Gasteiger partial charge in [0.25, 0.3) is 5.91 Å². The van der Waals surface area contributed by atoms with Crippen LogP contribution in [0.5, 0.6) is 0 Å². The minimum Gasteiger partial charge on any atom is -0.268 e. The van der Waals surface area contributed by atoms with Gasteiger partial charge in [0.2, 0.25) is 0 Å². The van der Waals surface area contributed by atoms with Gasteiger partial charge in [0.15, 0.2) is 4.32 Å². The zero-order valence-corrected chi connectivity index (χ0v) is 14.1. The van der Waals surface area contributed by atoms with Crippen LogP contribution in [-0.4, -0.2) is 15.2 Å². The summed E-state index contributed by atoms with van der Waals surface area (Å²) in [5, 5.41) is 0.856. The molecule has 1 saturated heterocycles. The molecular formula is C15H8Cl2N2OS2. The van der Waals surface area contributed by atoms with Crippen molar-refractivity contribution in [2.24, 2.45) is 0 Å². The second-order valence-corrected chi connectivity index (χ2v) is 6.83. The molecule has 7 heteroatoms. The van der Waals surface area contributed by atoms with Gasteiger partial charge in [-0.25, -0.2) is 0 Å². The van der Waals surface area contributed by atoms with E-state index in [9.17, 15) is 4.79 Å². The fourth-order valence-electron chi connectivity index (χ4n) is 1.95. The lowest BCUT2D eigenvalue weighted by atomic mass is 10.2. The van der Waals surface area contributed by atoms with Crippen LogP contribution in [0.1, 0.15) is 5.56 Å². The summed E-state index contributed by atoms with van der Waals surface area (Å²) in [5.74, 6) is -0.195. The second-order valence-electron chi connectivity index (χ2n) is 4.37. The van der Waals surface area contributed by atoms with Crippen molar-refractivity contribution in [2.75, 3.05) is 4.90 Å². The molecule has 0 radical (unpaired) electrons. The highest BCUT2D eigenvalue weighted by Gasteiger charge is 2.33. The minimum atomic E-state index is -0.195. The molecular weight excluding hydrogens is 359 g/mol. The van der Waals surface area contributed by atoms with Gasteiger partial charge in [-0.15, -0.1) is 0 Å². The van der Waals surface area contributed by atoms with E-state index in [-0.39, 0.29) is 5.91 Å². The summed E-state index contributed by atoms with van der Waals surface area (Å²) >= 11 is 18.7. The van der Waals surface area contributed by atoms with Crippen LogP contribution in [0.2, 0.25) is 10.0 Å². The van der Waals surface area contributed by atoms with Gasteiger partial charge in [0.1, 0.15) is 0 Å². The van der Waals surface area contributed by atoms with Gasteiger partial charge in [0.05, 0.1) is 26.8 Å². The third-order valence-electron chi connectivity index (χ3n) is 2.97. The molecule has 0 unspecified atom stereocenters. The first-order chi connectivity index (χ1) is 10.6. The molecule has 0 saturated carbocycles. The molecule has 0 spiro atoms. The summed E-state index contributed by atoms with van der Waals surface area (Å²) in [4.78, 5) is 18.5. The van der Waals surface area contributed by atoms with Crippen molar-refractivity contribution < 1.29 is 4.79 Å². The van der Waals surface area contributed by atoms with E-state index in [0.29, 0.717) is 30.5 Å². The number of rotatable bonds is 2. The number of carbonyl (C=O) groups is 1. The first-order valence-electron chi connectivity index (χ1n) is 6.20. The Labute approximate surface area is 146 Å². The number of amides is 1. The lowest BCUT2D eigenvalue weighted by Gasteiger charge is -2.13. The van der Waals surface area contributed by atoms with E-state index >= 15 is 0 Å². The summed E-state index contributed by atoms with van der Waals surface area (Å²) in [5.41, 5.74) is 1.33. The molecule has 3 nitrogen and oxygen atoms in total. The topological polar surface area (TPSA) is 33.2 Å². The predicted octanol–water partition coefficient (Wildman–Crippen LogP) is 4.79. The Morgan fingerprint density at radius 1 is 1.23 bits per heavy atom. The van der Waals surface area contributed by atoms with E-state index < -0.39 is 0 Å². The number of thiocarbonyl (C=S) groups is 1. The maximum absolute atomic E-state index is 12.6. The summed E-state index contributed by atoms with van der Waals surface area (Å²) in [6, 6.07) is 8.81. The Balaban J connectivity index is 1.98. The Kier molecular flexibility index (Phi) is 4.49. The van der Waals surface area contributed by atoms with Crippen LogP contribution >= 0.6 is 47.2 Å². The Bertz CT molecular complexity index is 793. The Morgan fingerprint density at radius 3 is 2.77 bits per heavy atom. The van der Waals surface area contributed by atoms with Gasteiger partial charge in [-0.05, 0) is 29.8 Å².